The molecule has 2 aromatic heterocycles. The van der Waals surface area contributed by atoms with E-state index in [1.807, 2.05) is 38.1 Å². The third-order valence-electron chi connectivity index (χ3n) is 6.00. The largest absolute Gasteiger partial charge is 0.386 e. The summed E-state index contributed by atoms with van der Waals surface area (Å²) in [6, 6.07) is 12.5. The maximum absolute atomic E-state index is 10.1. The Morgan fingerprint density at radius 2 is 1.53 bits per heavy atom. The van der Waals surface area contributed by atoms with Gasteiger partial charge in [-0.15, -0.1) is 0 Å². The van der Waals surface area contributed by atoms with Crippen LogP contribution in [0.4, 0.5) is 0 Å². The average molecular weight is 658 g/mol. The van der Waals surface area contributed by atoms with Crippen LogP contribution < -0.4 is 0 Å². The lowest BCUT2D eigenvalue weighted by Gasteiger charge is -2.26. The maximum atomic E-state index is 10.1. The normalized spacial score (nSPS) is 15.0. The first-order valence-electron chi connectivity index (χ1n) is 10.7. The molecule has 0 unspecified atom stereocenters. The minimum absolute atomic E-state index is 0.573. The Kier molecular flexibility index (Phi) is 6.61. The number of rotatable bonds is 3. The predicted octanol–water partition coefficient (Wildman–Crippen LogP) is 5.99. The highest BCUT2D eigenvalue weighted by atomic mass is 127. The van der Waals surface area contributed by atoms with Gasteiger partial charge in [0.05, 0.1) is 28.3 Å². The van der Waals surface area contributed by atoms with Crippen molar-refractivity contribution in [1.82, 2.24) is 20.0 Å². The highest BCUT2D eigenvalue weighted by Crippen LogP contribution is 2.36. The molecule has 1 aliphatic rings. The van der Waals surface area contributed by atoms with Crippen molar-refractivity contribution in [3.8, 4) is 0 Å². The van der Waals surface area contributed by atoms with Gasteiger partial charge in [-0.05, 0) is 128 Å². The van der Waals surface area contributed by atoms with Gasteiger partial charge in [0, 0.05) is 10.8 Å². The Labute approximate surface area is 215 Å². The fraction of sp³-hybridized carbons (Fsp3) is 0.417. The first-order chi connectivity index (χ1) is 14.9. The van der Waals surface area contributed by atoms with Crippen LogP contribution in [0.5, 0.6) is 0 Å². The topological polar surface area (TPSA) is 87.0 Å². The molecule has 3 N–H and O–H groups in total. The lowest BCUT2D eigenvalue weighted by molar-refractivity contribution is 0.0782. The molecule has 2 heterocycles. The first kappa shape index (κ1) is 23.9. The Hall–Kier alpha value is -1.24. The molecular formula is C24H28I2N4O2. The smallest absolute Gasteiger partial charge is 0.131 e. The van der Waals surface area contributed by atoms with Gasteiger partial charge in [0.2, 0.25) is 0 Å². The molecule has 4 aromatic rings. The molecule has 6 nitrogen and oxygen atoms in total. The zero-order valence-corrected chi connectivity index (χ0v) is 23.0. The molecule has 0 atom stereocenters. The van der Waals surface area contributed by atoms with Crippen molar-refractivity contribution in [2.24, 2.45) is 0 Å². The number of nitrogens with one attached hydrogen (secondary N) is 1. The quantitative estimate of drug-likeness (QED) is 0.236. The molecule has 0 bridgehead atoms. The Balaban J connectivity index is 0.000000158. The van der Waals surface area contributed by atoms with E-state index >= 15 is 0 Å². The van der Waals surface area contributed by atoms with Crippen LogP contribution in [0.2, 0.25) is 0 Å². The Morgan fingerprint density at radius 1 is 0.938 bits per heavy atom. The van der Waals surface area contributed by atoms with E-state index in [-0.39, 0.29) is 0 Å². The highest BCUT2D eigenvalue weighted by Gasteiger charge is 2.24. The fourth-order valence-corrected chi connectivity index (χ4v) is 4.97. The van der Waals surface area contributed by atoms with Crippen LogP contribution in [0.1, 0.15) is 64.1 Å². The average Bonchev–Trinajstić information content (AvgIpc) is 3.20. The molecule has 1 saturated carbocycles. The van der Waals surface area contributed by atoms with E-state index in [1.165, 1.54) is 24.8 Å². The minimum Gasteiger partial charge on any atom is -0.386 e. The molecule has 0 radical (unpaired) electrons. The second-order valence-corrected chi connectivity index (χ2v) is 11.5. The van der Waals surface area contributed by atoms with Gasteiger partial charge >= 0.3 is 0 Å². The van der Waals surface area contributed by atoms with Crippen molar-refractivity contribution < 1.29 is 10.2 Å². The number of fused-ring (bicyclic) bond motifs is 2. The van der Waals surface area contributed by atoms with Gasteiger partial charge in [-0.25, -0.2) is 0 Å². The molecule has 1 fully saturated rings. The molecular weight excluding hydrogens is 630 g/mol. The molecule has 0 saturated heterocycles. The van der Waals surface area contributed by atoms with Crippen LogP contribution in [-0.4, -0.2) is 30.2 Å². The van der Waals surface area contributed by atoms with Gasteiger partial charge in [-0.3, -0.25) is 9.78 Å². The van der Waals surface area contributed by atoms with Gasteiger partial charge in [0.25, 0.3) is 0 Å². The summed E-state index contributed by atoms with van der Waals surface area (Å²) in [4.78, 5) is 0. The van der Waals surface area contributed by atoms with Crippen molar-refractivity contribution in [3.05, 3.63) is 54.9 Å². The summed E-state index contributed by atoms with van der Waals surface area (Å²) in [5, 5.41) is 33.8. The molecule has 0 spiro atoms. The zero-order valence-electron chi connectivity index (χ0n) is 18.7. The summed E-state index contributed by atoms with van der Waals surface area (Å²) in [5.74, 6) is 0. The van der Waals surface area contributed by atoms with Crippen LogP contribution in [0.25, 0.3) is 21.8 Å². The fourth-order valence-electron chi connectivity index (χ4n) is 3.75. The Morgan fingerprint density at radius 3 is 2.09 bits per heavy atom. The van der Waals surface area contributed by atoms with E-state index in [0.717, 1.165) is 34.8 Å². The molecule has 8 heteroatoms. The van der Waals surface area contributed by atoms with Crippen LogP contribution in [0, 0.1) is 7.40 Å². The van der Waals surface area contributed by atoms with E-state index in [2.05, 4.69) is 77.3 Å². The summed E-state index contributed by atoms with van der Waals surface area (Å²) < 4.78 is 4.19. The van der Waals surface area contributed by atoms with Crippen LogP contribution in [0.3, 0.4) is 0 Å². The van der Waals surface area contributed by atoms with Gasteiger partial charge in [-0.1, -0.05) is 12.1 Å². The number of H-pyrrole nitrogens is 1. The monoisotopic (exact) mass is 658 g/mol. The second kappa shape index (κ2) is 8.84. The van der Waals surface area contributed by atoms with E-state index in [9.17, 15) is 10.2 Å². The Bertz CT molecular complexity index is 1260. The maximum Gasteiger partial charge on any atom is 0.131 e. The molecule has 0 aliphatic heterocycles. The number of aliphatic hydroxyl groups is 2. The number of hydrogen-bond donors (Lipinski definition) is 3. The lowest BCUT2D eigenvalue weighted by Crippen LogP contribution is -2.18. The second-order valence-electron chi connectivity index (χ2n) is 9.44. The number of hydrogen-bond acceptors (Lipinski definition) is 4. The SMILES string of the molecule is CC(C)(O)c1ccc2c(c1)c(I)nn2C1CCC1.CC(C)(O)c1ccc2n[nH]c(I)c2c1. The molecule has 170 valence electrons. The van der Waals surface area contributed by atoms with E-state index in [0.29, 0.717) is 6.04 Å². The van der Waals surface area contributed by atoms with E-state index in [4.69, 9.17) is 0 Å². The molecule has 2 aromatic carbocycles. The van der Waals surface area contributed by atoms with Crippen LogP contribution in [0.15, 0.2) is 36.4 Å². The third kappa shape index (κ3) is 4.83. The van der Waals surface area contributed by atoms with E-state index < -0.39 is 11.2 Å². The lowest BCUT2D eigenvalue weighted by atomic mass is 9.93. The first-order valence-corrected chi connectivity index (χ1v) is 12.9. The van der Waals surface area contributed by atoms with Crippen molar-refractivity contribution >= 4 is 67.0 Å². The summed E-state index contributed by atoms with van der Waals surface area (Å²) in [5.41, 5.74) is 2.38. The van der Waals surface area contributed by atoms with Crippen molar-refractivity contribution in [2.45, 2.75) is 64.2 Å². The number of nitrogens with zero attached hydrogens (tertiary/aromatic N) is 3. The molecule has 32 heavy (non-hydrogen) atoms. The predicted molar refractivity (Wildman–Crippen MR) is 145 cm³/mol. The summed E-state index contributed by atoms with van der Waals surface area (Å²) in [6.07, 6.45) is 3.78. The van der Waals surface area contributed by atoms with Gasteiger partial charge < -0.3 is 10.2 Å². The standard InChI is InChI=1S/C14H17IN2O.C10H11IN2O/c1-14(2,18)9-6-7-12-11(8-9)13(15)16-17(12)10-4-3-5-10;1-10(2,14)6-3-4-8-7(5-6)9(11)13-12-8/h6-8,10,18H,3-5H2,1-2H3;3-5,14H,1-2H3,(H,12,13). The number of aromatic amines is 1. The number of benzene rings is 2. The van der Waals surface area contributed by atoms with Crippen molar-refractivity contribution in [1.29, 1.82) is 0 Å². The highest BCUT2D eigenvalue weighted by molar-refractivity contribution is 14.1. The number of aromatic nitrogens is 4. The van der Waals surface area contributed by atoms with Crippen LogP contribution in [-0.2, 0) is 11.2 Å². The molecule has 1 aliphatic carbocycles. The van der Waals surface area contributed by atoms with Gasteiger partial charge in [0.1, 0.15) is 7.40 Å². The summed E-state index contributed by atoms with van der Waals surface area (Å²) in [6.45, 7) is 7.19. The van der Waals surface area contributed by atoms with Gasteiger partial charge in [-0.2, -0.15) is 10.2 Å². The van der Waals surface area contributed by atoms with E-state index in [1.54, 1.807) is 13.8 Å². The summed E-state index contributed by atoms with van der Waals surface area (Å²) in [7, 11) is 0. The van der Waals surface area contributed by atoms with Crippen LogP contribution >= 0.6 is 45.2 Å². The summed E-state index contributed by atoms with van der Waals surface area (Å²) >= 11 is 4.48. The van der Waals surface area contributed by atoms with Crippen molar-refractivity contribution in [3.63, 3.8) is 0 Å². The van der Waals surface area contributed by atoms with Gasteiger partial charge in [0.15, 0.2) is 0 Å². The minimum atomic E-state index is -0.797. The zero-order chi connectivity index (χ0) is 23.3. The number of halogens is 2. The van der Waals surface area contributed by atoms with Crippen molar-refractivity contribution in [2.75, 3.05) is 0 Å². The third-order valence-corrected chi connectivity index (χ3v) is 7.62. The molecule has 5 rings (SSSR count). The molecule has 0 amide bonds.